The predicted molar refractivity (Wildman–Crippen MR) is 210 cm³/mol. The summed E-state index contributed by atoms with van der Waals surface area (Å²) >= 11 is 0. The van der Waals surface area contributed by atoms with E-state index < -0.39 is 24.9 Å². The Labute approximate surface area is 298 Å². The van der Waals surface area contributed by atoms with Crippen LogP contribution in [0.2, 0.25) is 0 Å². The van der Waals surface area contributed by atoms with Gasteiger partial charge in [0.1, 0.15) is 17.3 Å². The second-order valence-electron chi connectivity index (χ2n) is 11.5. The highest BCUT2D eigenvalue weighted by Crippen LogP contribution is 2.51. The van der Waals surface area contributed by atoms with E-state index >= 15 is 0 Å². The van der Waals surface area contributed by atoms with Crippen molar-refractivity contribution in [1.82, 2.24) is 15.0 Å². The molecule has 9 nitrogen and oxygen atoms in total. The van der Waals surface area contributed by atoms with E-state index in [2.05, 4.69) is 70.9 Å². The SMILES string of the molecule is C=CC1=C(C=C)c2ccccc2P(Nc2nc(NP3Oc4ccccc4-c4ccccc43)nc(NP3Oc4ccccc4-c4ccccc43)n2)O1. The third kappa shape index (κ3) is 5.80. The Morgan fingerprint density at radius 3 is 1.25 bits per heavy atom. The van der Waals surface area contributed by atoms with Gasteiger partial charge >= 0.3 is 0 Å². The standard InChI is InChI=1S/C39H29N6O3P3/c1-3-25-28-17-7-12-22-34(28)49(46-31(25)4-2)43-37-40-38(44-50-35-23-13-8-18-29(35)26-15-5-10-20-32(26)47-50)42-39(41-37)45-51-36-24-14-9-19-30(36)27-16-6-11-21-33(27)48-51/h3-24H,1-2H2,(H3,40,41,42,43,44,45). The highest BCUT2D eigenvalue weighted by Gasteiger charge is 2.32. The lowest BCUT2D eigenvalue weighted by atomic mass is 10.0. The van der Waals surface area contributed by atoms with Crippen LogP contribution in [-0.4, -0.2) is 15.0 Å². The Bertz CT molecular complexity index is 2270. The number of benzene rings is 5. The fraction of sp³-hybridized carbons (Fsp3) is 0. The van der Waals surface area contributed by atoms with Crippen LogP contribution in [0, 0.1) is 0 Å². The lowest BCUT2D eigenvalue weighted by molar-refractivity contribution is 0.503. The summed E-state index contributed by atoms with van der Waals surface area (Å²) in [6, 6.07) is 40.7. The molecular formula is C39H29N6O3P3. The second-order valence-corrected chi connectivity index (χ2v) is 16.0. The Balaban J connectivity index is 1.10. The van der Waals surface area contributed by atoms with Crippen molar-refractivity contribution in [3.05, 3.63) is 158 Å². The van der Waals surface area contributed by atoms with Crippen LogP contribution >= 0.6 is 24.9 Å². The van der Waals surface area contributed by atoms with Crippen LogP contribution in [0.25, 0.3) is 27.8 Å². The molecule has 9 rings (SSSR count). The maximum absolute atomic E-state index is 6.57. The van der Waals surface area contributed by atoms with Gasteiger partial charge in [0.2, 0.25) is 42.7 Å². The molecule has 6 aromatic rings. The van der Waals surface area contributed by atoms with Crippen molar-refractivity contribution in [3.8, 4) is 33.8 Å². The molecule has 0 aliphatic carbocycles. The average molecular weight is 723 g/mol. The largest absolute Gasteiger partial charge is 0.448 e. The molecule has 3 atom stereocenters. The van der Waals surface area contributed by atoms with E-state index in [4.69, 9.17) is 28.5 Å². The maximum atomic E-state index is 6.57. The van der Waals surface area contributed by atoms with Crippen molar-refractivity contribution in [2.75, 3.05) is 15.3 Å². The van der Waals surface area contributed by atoms with Crippen LogP contribution < -0.4 is 40.2 Å². The highest BCUT2D eigenvalue weighted by atomic mass is 31.2. The van der Waals surface area contributed by atoms with Gasteiger partial charge in [0.15, 0.2) is 0 Å². The van der Waals surface area contributed by atoms with Crippen LogP contribution in [-0.2, 0) is 4.52 Å². The molecular weight excluding hydrogens is 693 g/mol. The molecule has 3 N–H and O–H groups in total. The first kappa shape index (κ1) is 31.4. The van der Waals surface area contributed by atoms with Crippen LogP contribution in [0.15, 0.2) is 152 Å². The zero-order valence-corrected chi connectivity index (χ0v) is 29.7. The number of anilines is 3. The van der Waals surface area contributed by atoms with Gasteiger partial charge in [0.25, 0.3) is 0 Å². The lowest BCUT2D eigenvalue weighted by Crippen LogP contribution is -2.22. The molecule has 12 heteroatoms. The molecule has 0 spiro atoms. The van der Waals surface area contributed by atoms with Gasteiger partial charge in [-0.05, 0) is 53.1 Å². The number of allylic oxidation sites excluding steroid dienone is 3. The van der Waals surface area contributed by atoms with Crippen LogP contribution in [0.4, 0.5) is 17.8 Å². The van der Waals surface area contributed by atoms with Crippen molar-refractivity contribution < 1.29 is 13.6 Å². The molecule has 0 bridgehead atoms. The molecule has 0 fully saturated rings. The van der Waals surface area contributed by atoms with Crippen molar-refractivity contribution >= 4 is 64.2 Å². The molecule has 0 saturated carbocycles. The van der Waals surface area contributed by atoms with E-state index in [9.17, 15) is 0 Å². The van der Waals surface area contributed by atoms with Gasteiger partial charge in [-0.1, -0.05) is 110 Å². The normalized spacial score (nSPS) is 17.8. The van der Waals surface area contributed by atoms with Gasteiger partial charge in [-0.2, -0.15) is 15.0 Å². The number of rotatable bonds is 8. The molecule has 3 aliphatic rings. The Hall–Kier alpha value is -5.58. The average Bonchev–Trinajstić information content (AvgIpc) is 3.18. The minimum Gasteiger partial charge on any atom is -0.448 e. The molecule has 0 amide bonds. The minimum absolute atomic E-state index is 0.322. The molecule has 4 heterocycles. The smallest absolute Gasteiger partial charge is 0.235 e. The van der Waals surface area contributed by atoms with Crippen molar-refractivity contribution in [1.29, 1.82) is 0 Å². The predicted octanol–water partition coefficient (Wildman–Crippen LogP) is 9.25. The van der Waals surface area contributed by atoms with E-state index in [-0.39, 0.29) is 0 Å². The van der Waals surface area contributed by atoms with E-state index in [0.717, 1.165) is 60.8 Å². The highest BCUT2D eigenvalue weighted by molar-refractivity contribution is 7.63. The van der Waals surface area contributed by atoms with E-state index in [0.29, 0.717) is 23.6 Å². The monoisotopic (exact) mass is 722 g/mol. The summed E-state index contributed by atoms with van der Waals surface area (Å²) in [5.74, 6) is 3.23. The number of para-hydroxylation sites is 2. The maximum Gasteiger partial charge on any atom is 0.235 e. The molecule has 51 heavy (non-hydrogen) atoms. The van der Waals surface area contributed by atoms with Gasteiger partial charge in [-0.3, -0.25) is 15.3 Å². The van der Waals surface area contributed by atoms with E-state index in [1.54, 1.807) is 12.2 Å². The summed E-state index contributed by atoms with van der Waals surface area (Å²) in [5.41, 5.74) is 6.21. The summed E-state index contributed by atoms with van der Waals surface area (Å²) in [7, 11) is -4.23. The molecule has 248 valence electrons. The molecule has 0 radical (unpaired) electrons. The summed E-state index contributed by atoms with van der Waals surface area (Å²) in [6.45, 7) is 8.01. The van der Waals surface area contributed by atoms with Crippen molar-refractivity contribution in [2.45, 2.75) is 0 Å². The van der Waals surface area contributed by atoms with Crippen LogP contribution in [0.3, 0.4) is 0 Å². The van der Waals surface area contributed by atoms with Gasteiger partial charge < -0.3 is 13.6 Å². The summed E-state index contributed by atoms with van der Waals surface area (Å²) in [4.78, 5) is 14.6. The number of nitrogens with one attached hydrogen (secondary N) is 3. The van der Waals surface area contributed by atoms with E-state index in [1.165, 1.54) is 0 Å². The zero-order chi connectivity index (χ0) is 34.3. The number of nitrogens with zero attached hydrogens (tertiary/aromatic N) is 3. The molecule has 3 aliphatic heterocycles. The number of fused-ring (bicyclic) bond motifs is 7. The number of hydrogen-bond donors (Lipinski definition) is 3. The van der Waals surface area contributed by atoms with E-state index in [1.807, 2.05) is 78.9 Å². The fourth-order valence-electron chi connectivity index (χ4n) is 6.20. The summed E-state index contributed by atoms with van der Waals surface area (Å²) in [5, 5.41) is 13.6. The Morgan fingerprint density at radius 1 is 0.431 bits per heavy atom. The van der Waals surface area contributed by atoms with Crippen molar-refractivity contribution in [2.24, 2.45) is 0 Å². The van der Waals surface area contributed by atoms with Gasteiger partial charge in [-0.25, -0.2) is 0 Å². The fourth-order valence-corrected chi connectivity index (χ4v) is 10.8. The molecule has 1 aromatic heterocycles. The molecule has 5 aromatic carbocycles. The van der Waals surface area contributed by atoms with Crippen molar-refractivity contribution in [3.63, 3.8) is 0 Å². The third-order valence-electron chi connectivity index (χ3n) is 8.48. The molecule has 0 saturated heterocycles. The summed E-state index contributed by atoms with van der Waals surface area (Å²) in [6.07, 6.45) is 3.49. The van der Waals surface area contributed by atoms with Gasteiger partial charge in [-0.15, -0.1) is 0 Å². The molecule has 3 unspecified atom stereocenters. The Kier molecular flexibility index (Phi) is 8.18. The number of hydrogen-bond acceptors (Lipinski definition) is 9. The van der Waals surface area contributed by atoms with Gasteiger partial charge in [0.05, 0.1) is 0 Å². The third-order valence-corrected chi connectivity index (χ3v) is 13.3. The van der Waals surface area contributed by atoms with Crippen LogP contribution in [0.1, 0.15) is 5.56 Å². The van der Waals surface area contributed by atoms with Crippen LogP contribution in [0.5, 0.6) is 11.5 Å². The summed E-state index contributed by atoms with van der Waals surface area (Å²) < 4.78 is 19.6. The Morgan fingerprint density at radius 2 is 0.804 bits per heavy atom. The zero-order valence-electron chi connectivity index (χ0n) is 27.0. The first-order valence-electron chi connectivity index (χ1n) is 16.1. The quantitative estimate of drug-likeness (QED) is 0.133. The topological polar surface area (TPSA) is 102 Å². The lowest BCUT2D eigenvalue weighted by Gasteiger charge is -2.30. The second kappa shape index (κ2) is 13.3. The first-order chi connectivity index (χ1) is 25.2. The van der Waals surface area contributed by atoms with Gasteiger partial charge in [0, 0.05) is 32.6 Å². The first-order valence-corrected chi connectivity index (χ1v) is 19.9. The number of aromatic nitrogens is 3. The minimum atomic E-state index is -1.45.